The number of hydrogen-bond donors (Lipinski definition) is 2. The fourth-order valence-electron chi connectivity index (χ4n) is 3.01. The normalized spacial score (nSPS) is 18.0. The zero-order valence-electron chi connectivity index (χ0n) is 14.0. The summed E-state index contributed by atoms with van der Waals surface area (Å²) in [5, 5.41) is 7.04. The molecule has 3 rings (SSSR count). The molecule has 0 saturated carbocycles. The van der Waals surface area contributed by atoms with Crippen LogP contribution in [0.15, 0.2) is 10.9 Å². The highest BCUT2D eigenvalue weighted by Gasteiger charge is 2.30. The third-order valence-corrected chi connectivity index (χ3v) is 4.28. The Labute approximate surface area is 139 Å². The Morgan fingerprint density at radius 3 is 2.88 bits per heavy atom. The van der Waals surface area contributed by atoms with E-state index in [1.165, 1.54) is 6.07 Å². The Balaban J connectivity index is 1.86. The van der Waals surface area contributed by atoms with Gasteiger partial charge < -0.3 is 14.6 Å². The molecule has 8 nitrogen and oxygen atoms in total. The third-order valence-electron chi connectivity index (χ3n) is 4.28. The average molecular weight is 331 g/mol. The zero-order chi connectivity index (χ0) is 17.3. The molecule has 2 N–H and O–H groups in total. The van der Waals surface area contributed by atoms with Crippen LogP contribution in [-0.2, 0) is 16.0 Å². The van der Waals surface area contributed by atoms with Gasteiger partial charge in [-0.05, 0) is 20.8 Å². The van der Waals surface area contributed by atoms with Gasteiger partial charge in [-0.2, -0.15) is 5.10 Å². The average Bonchev–Trinajstić information content (AvgIpc) is 2.86. The summed E-state index contributed by atoms with van der Waals surface area (Å²) in [7, 11) is 0. The minimum atomic E-state index is -0.347. The summed E-state index contributed by atoms with van der Waals surface area (Å²) in [5.41, 5.74) is 2.98. The van der Waals surface area contributed by atoms with Crippen molar-refractivity contribution in [2.45, 2.75) is 33.2 Å². The topological polar surface area (TPSA) is 104 Å². The van der Waals surface area contributed by atoms with E-state index in [4.69, 9.17) is 4.74 Å². The molecule has 1 amide bonds. The van der Waals surface area contributed by atoms with E-state index in [1.54, 1.807) is 11.8 Å². The molecule has 24 heavy (non-hydrogen) atoms. The van der Waals surface area contributed by atoms with Crippen molar-refractivity contribution in [3.8, 4) is 0 Å². The number of carbonyl (C=O) groups excluding carboxylic acids is 1. The van der Waals surface area contributed by atoms with E-state index >= 15 is 0 Å². The van der Waals surface area contributed by atoms with Crippen LogP contribution in [0.3, 0.4) is 0 Å². The minimum Gasteiger partial charge on any atom is -0.377 e. The molecule has 2 aromatic heterocycles. The highest BCUT2D eigenvalue weighted by atomic mass is 16.5. The number of hydrogen-bond acceptors (Lipinski definition) is 5. The summed E-state index contributed by atoms with van der Waals surface area (Å²) < 4.78 is 5.51. The summed E-state index contributed by atoms with van der Waals surface area (Å²) in [6.07, 6.45) is 0.271. The van der Waals surface area contributed by atoms with Gasteiger partial charge in [-0.25, -0.2) is 4.98 Å². The van der Waals surface area contributed by atoms with E-state index < -0.39 is 0 Å². The van der Waals surface area contributed by atoms with Gasteiger partial charge in [0.15, 0.2) is 0 Å². The Hall–Kier alpha value is -2.48. The van der Waals surface area contributed by atoms with Crippen molar-refractivity contribution in [1.82, 2.24) is 25.1 Å². The molecule has 2 aromatic rings. The molecule has 0 aromatic carbocycles. The monoisotopic (exact) mass is 331 g/mol. The van der Waals surface area contributed by atoms with Crippen LogP contribution in [0.5, 0.6) is 0 Å². The molecule has 0 radical (unpaired) electrons. The molecule has 0 bridgehead atoms. The molecular weight excluding hydrogens is 310 g/mol. The second-order valence-corrected chi connectivity index (χ2v) is 6.02. The van der Waals surface area contributed by atoms with E-state index in [-0.39, 0.29) is 23.9 Å². The van der Waals surface area contributed by atoms with Crippen molar-refractivity contribution in [2.75, 3.05) is 19.8 Å². The summed E-state index contributed by atoms with van der Waals surface area (Å²) in [5.74, 6) is 0.507. The summed E-state index contributed by atoms with van der Waals surface area (Å²) in [6, 6.07) is 1.08. The summed E-state index contributed by atoms with van der Waals surface area (Å²) >= 11 is 0. The van der Waals surface area contributed by atoms with Crippen LogP contribution in [0, 0.1) is 20.8 Å². The van der Waals surface area contributed by atoms with Crippen molar-refractivity contribution >= 4 is 5.91 Å². The number of H-pyrrole nitrogens is 2. The van der Waals surface area contributed by atoms with E-state index in [0.29, 0.717) is 31.3 Å². The first-order valence-electron chi connectivity index (χ1n) is 7.91. The molecule has 128 valence electrons. The number of nitrogens with zero attached hydrogens (tertiary/aromatic N) is 3. The Bertz CT molecular complexity index is 791. The lowest BCUT2D eigenvalue weighted by molar-refractivity contribution is -0.139. The number of nitrogens with one attached hydrogen (secondary N) is 2. The Kier molecular flexibility index (Phi) is 4.48. The van der Waals surface area contributed by atoms with Gasteiger partial charge in [-0.1, -0.05) is 0 Å². The predicted molar refractivity (Wildman–Crippen MR) is 86.6 cm³/mol. The summed E-state index contributed by atoms with van der Waals surface area (Å²) in [6.45, 7) is 6.80. The van der Waals surface area contributed by atoms with Crippen molar-refractivity contribution in [3.63, 3.8) is 0 Å². The van der Waals surface area contributed by atoms with Crippen molar-refractivity contribution in [3.05, 3.63) is 44.9 Å². The summed E-state index contributed by atoms with van der Waals surface area (Å²) in [4.78, 5) is 33.3. The Morgan fingerprint density at radius 1 is 1.42 bits per heavy atom. The van der Waals surface area contributed by atoms with Gasteiger partial charge in [-0.15, -0.1) is 0 Å². The van der Waals surface area contributed by atoms with Crippen LogP contribution in [0.2, 0.25) is 0 Å². The maximum absolute atomic E-state index is 12.8. The number of ether oxygens (including phenoxy) is 1. The van der Waals surface area contributed by atoms with Crippen molar-refractivity contribution < 1.29 is 9.53 Å². The maximum Gasteiger partial charge on any atom is 0.251 e. The smallest absolute Gasteiger partial charge is 0.251 e. The van der Waals surface area contributed by atoms with Gasteiger partial charge >= 0.3 is 0 Å². The highest BCUT2D eigenvalue weighted by molar-refractivity contribution is 5.79. The predicted octanol–water partition coefficient (Wildman–Crippen LogP) is 0.561. The minimum absolute atomic E-state index is 0.0179. The fourth-order valence-corrected chi connectivity index (χ4v) is 3.01. The van der Waals surface area contributed by atoms with Gasteiger partial charge in [-0.3, -0.25) is 14.7 Å². The first-order chi connectivity index (χ1) is 11.5. The first-order valence-corrected chi connectivity index (χ1v) is 7.91. The van der Waals surface area contributed by atoms with E-state index in [0.717, 1.165) is 17.0 Å². The standard InChI is InChI=1S/C16H21N5O3/c1-9-12(10(2)20-19-9)6-16(23)21-4-5-24-8-14(21)13-7-15(22)18-11(3)17-13/h7,14H,4-6,8H2,1-3H3,(H,19,20)(H,17,18,22)/t14-/m0/s1. The van der Waals surface area contributed by atoms with Gasteiger partial charge in [0, 0.05) is 23.9 Å². The molecule has 1 saturated heterocycles. The number of aromatic nitrogens is 4. The molecule has 1 atom stereocenters. The number of morpholine rings is 1. The van der Waals surface area contributed by atoms with Crippen LogP contribution in [-0.4, -0.2) is 50.7 Å². The van der Waals surface area contributed by atoms with Crippen LogP contribution in [0.1, 0.15) is 34.5 Å². The fraction of sp³-hybridized carbons (Fsp3) is 0.500. The number of aryl methyl sites for hydroxylation is 3. The SMILES string of the molecule is Cc1nc([C@@H]2COCCN2C(=O)Cc2c(C)n[nH]c2C)cc(=O)[nH]1. The highest BCUT2D eigenvalue weighted by Crippen LogP contribution is 2.23. The third kappa shape index (κ3) is 3.23. The van der Waals surface area contributed by atoms with Gasteiger partial charge in [0.25, 0.3) is 5.56 Å². The van der Waals surface area contributed by atoms with Crippen LogP contribution in [0.4, 0.5) is 0 Å². The lowest BCUT2D eigenvalue weighted by Crippen LogP contribution is -2.44. The molecule has 1 fully saturated rings. The number of rotatable bonds is 3. The number of amides is 1. The van der Waals surface area contributed by atoms with Gasteiger partial charge in [0.1, 0.15) is 5.82 Å². The maximum atomic E-state index is 12.8. The molecule has 1 aliphatic rings. The van der Waals surface area contributed by atoms with Gasteiger partial charge in [0.05, 0.1) is 37.1 Å². The van der Waals surface area contributed by atoms with E-state index in [2.05, 4.69) is 20.2 Å². The molecule has 0 aliphatic carbocycles. The van der Waals surface area contributed by atoms with Gasteiger partial charge in [0.2, 0.25) is 5.91 Å². The van der Waals surface area contributed by atoms with Crippen molar-refractivity contribution in [2.24, 2.45) is 0 Å². The Morgan fingerprint density at radius 2 is 2.21 bits per heavy atom. The van der Waals surface area contributed by atoms with Crippen LogP contribution < -0.4 is 5.56 Å². The van der Waals surface area contributed by atoms with Crippen LogP contribution >= 0.6 is 0 Å². The largest absolute Gasteiger partial charge is 0.377 e. The van der Waals surface area contributed by atoms with Crippen LogP contribution in [0.25, 0.3) is 0 Å². The molecule has 1 aliphatic heterocycles. The first kappa shape index (κ1) is 16.4. The molecule has 3 heterocycles. The number of aromatic amines is 2. The lowest BCUT2D eigenvalue weighted by atomic mass is 10.1. The number of carbonyl (C=O) groups is 1. The second-order valence-electron chi connectivity index (χ2n) is 6.02. The van der Waals surface area contributed by atoms with E-state index in [1.807, 2.05) is 13.8 Å². The van der Waals surface area contributed by atoms with Crippen molar-refractivity contribution in [1.29, 1.82) is 0 Å². The lowest BCUT2D eigenvalue weighted by Gasteiger charge is -2.35. The molecule has 0 unspecified atom stereocenters. The molecule has 8 heteroatoms. The quantitative estimate of drug-likeness (QED) is 0.855. The second kappa shape index (κ2) is 6.56. The van der Waals surface area contributed by atoms with E-state index in [9.17, 15) is 9.59 Å². The molecular formula is C16H21N5O3. The molecule has 0 spiro atoms. The zero-order valence-corrected chi connectivity index (χ0v) is 14.0.